The van der Waals surface area contributed by atoms with E-state index in [0.29, 0.717) is 17.8 Å². The molecule has 0 atom stereocenters. The second-order valence-electron chi connectivity index (χ2n) is 7.26. The van der Waals surface area contributed by atoms with E-state index in [1.807, 2.05) is 24.3 Å². The molecule has 0 saturated heterocycles. The Hall–Kier alpha value is -1.31. The predicted octanol–water partition coefficient (Wildman–Crippen LogP) is 5.02. The van der Waals surface area contributed by atoms with Crippen LogP contribution in [0.2, 0.25) is 0 Å². The quantitative estimate of drug-likeness (QED) is 0.687. The zero-order valence-corrected chi connectivity index (χ0v) is 13.2. The third kappa shape index (κ3) is 3.30. The van der Waals surface area contributed by atoms with E-state index in [1.54, 1.807) is 0 Å². The normalized spacial score (nSPS) is 20.7. The van der Waals surface area contributed by atoms with E-state index < -0.39 is 0 Å². The molecule has 2 aliphatic rings. The van der Waals surface area contributed by atoms with E-state index in [1.165, 1.54) is 12.8 Å². The SMILES string of the molecule is CC(C)CC1(C(=O)c2cccc(OC3CC3)c2)CCCC1. The van der Waals surface area contributed by atoms with Crippen molar-refractivity contribution in [3.63, 3.8) is 0 Å². The van der Waals surface area contributed by atoms with Gasteiger partial charge in [-0.2, -0.15) is 0 Å². The first-order chi connectivity index (χ1) is 10.1. The van der Waals surface area contributed by atoms with E-state index in [2.05, 4.69) is 13.8 Å². The van der Waals surface area contributed by atoms with Gasteiger partial charge in [-0.15, -0.1) is 0 Å². The maximum atomic E-state index is 13.1. The number of carbonyl (C=O) groups is 1. The summed E-state index contributed by atoms with van der Waals surface area (Å²) in [4.78, 5) is 13.1. The average Bonchev–Trinajstić information content (AvgIpc) is 3.14. The van der Waals surface area contributed by atoms with Crippen LogP contribution in [0.25, 0.3) is 0 Å². The summed E-state index contributed by atoms with van der Waals surface area (Å²) < 4.78 is 5.84. The molecule has 0 aromatic heterocycles. The summed E-state index contributed by atoms with van der Waals surface area (Å²) in [6.07, 6.45) is 8.18. The molecule has 1 aromatic carbocycles. The van der Waals surface area contributed by atoms with E-state index >= 15 is 0 Å². The van der Waals surface area contributed by atoms with E-state index in [4.69, 9.17) is 4.74 Å². The van der Waals surface area contributed by atoms with Crippen molar-refractivity contribution in [2.75, 3.05) is 0 Å². The fourth-order valence-electron chi connectivity index (χ4n) is 3.75. The van der Waals surface area contributed by atoms with Crippen LogP contribution in [0.4, 0.5) is 0 Å². The van der Waals surface area contributed by atoms with Crippen LogP contribution < -0.4 is 4.74 Å². The lowest BCUT2D eigenvalue weighted by Crippen LogP contribution is -2.30. The summed E-state index contributed by atoms with van der Waals surface area (Å²) in [5, 5.41) is 0. The van der Waals surface area contributed by atoms with Crippen molar-refractivity contribution in [1.29, 1.82) is 0 Å². The van der Waals surface area contributed by atoms with Crippen LogP contribution in [0.5, 0.6) is 5.75 Å². The van der Waals surface area contributed by atoms with Crippen molar-refractivity contribution in [2.45, 2.75) is 64.9 Å². The number of hydrogen-bond donors (Lipinski definition) is 0. The van der Waals surface area contributed by atoms with Crippen molar-refractivity contribution >= 4 is 5.78 Å². The van der Waals surface area contributed by atoms with Gasteiger partial charge in [0.25, 0.3) is 0 Å². The Bertz CT molecular complexity index is 508. The minimum atomic E-state index is -0.119. The summed E-state index contributed by atoms with van der Waals surface area (Å²) in [6, 6.07) is 7.85. The second-order valence-corrected chi connectivity index (χ2v) is 7.26. The van der Waals surface area contributed by atoms with Gasteiger partial charge in [0.15, 0.2) is 5.78 Å². The number of hydrogen-bond acceptors (Lipinski definition) is 2. The Morgan fingerprint density at radius 3 is 2.62 bits per heavy atom. The Morgan fingerprint density at radius 1 is 1.29 bits per heavy atom. The fourth-order valence-corrected chi connectivity index (χ4v) is 3.75. The first kappa shape index (κ1) is 14.6. The number of benzene rings is 1. The van der Waals surface area contributed by atoms with Crippen molar-refractivity contribution in [2.24, 2.45) is 11.3 Å². The molecule has 0 heterocycles. The van der Waals surface area contributed by atoms with Crippen molar-refractivity contribution in [3.05, 3.63) is 29.8 Å². The van der Waals surface area contributed by atoms with Gasteiger partial charge in [0.1, 0.15) is 5.75 Å². The molecule has 0 spiro atoms. The van der Waals surface area contributed by atoms with E-state index in [0.717, 1.165) is 43.4 Å². The molecule has 1 aromatic rings. The fraction of sp³-hybridized carbons (Fsp3) is 0.632. The number of carbonyl (C=O) groups excluding carboxylic acids is 1. The molecule has 3 rings (SSSR count). The van der Waals surface area contributed by atoms with Gasteiger partial charge in [-0.25, -0.2) is 0 Å². The van der Waals surface area contributed by atoms with Gasteiger partial charge in [-0.05, 0) is 50.2 Å². The highest BCUT2D eigenvalue weighted by Gasteiger charge is 2.41. The van der Waals surface area contributed by atoms with Crippen LogP contribution in [0.15, 0.2) is 24.3 Å². The van der Waals surface area contributed by atoms with Gasteiger partial charge < -0.3 is 4.74 Å². The highest BCUT2D eigenvalue weighted by molar-refractivity contribution is 6.01. The summed E-state index contributed by atoms with van der Waals surface area (Å²) in [5.41, 5.74) is 0.725. The monoisotopic (exact) mass is 286 g/mol. The first-order valence-corrected chi connectivity index (χ1v) is 8.41. The zero-order chi connectivity index (χ0) is 14.9. The standard InChI is InChI=1S/C19H26O2/c1-14(2)13-19(10-3-4-11-19)18(20)15-6-5-7-17(12-15)21-16-8-9-16/h5-7,12,14,16H,3-4,8-11,13H2,1-2H3. The number of ketones is 1. The van der Waals surface area contributed by atoms with Gasteiger partial charge in [0.05, 0.1) is 6.10 Å². The smallest absolute Gasteiger partial charge is 0.169 e. The zero-order valence-electron chi connectivity index (χ0n) is 13.2. The topological polar surface area (TPSA) is 26.3 Å². The maximum Gasteiger partial charge on any atom is 0.169 e. The maximum absolute atomic E-state index is 13.1. The summed E-state index contributed by atoms with van der Waals surface area (Å²) >= 11 is 0. The minimum Gasteiger partial charge on any atom is -0.490 e. The molecule has 114 valence electrons. The molecule has 0 bridgehead atoms. The van der Waals surface area contributed by atoms with Crippen molar-refractivity contribution in [1.82, 2.24) is 0 Å². The lowest BCUT2D eigenvalue weighted by molar-refractivity contribution is 0.0759. The lowest BCUT2D eigenvalue weighted by atomic mass is 9.73. The largest absolute Gasteiger partial charge is 0.490 e. The summed E-state index contributed by atoms with van der Waals surface area (Å²) in [6.45, 7) is 4.44. The van der Waals surface area contributed by atoms with Gasteiger partial charge in [0, 0.05) is 11.0 Å². The lowest BCUT2D eigenvalue weighted by Gasteiger charge is -2.29. The number of Topliss-reactive ketones (excluding diaryl/α,β-unsaturated/α-hetero) is 1. The summed E-state index contributed by atoms with van der Waals surface area (Å²) in [5.74, 6) is 1.77. The molecule has 0 amide bonds. The Labute approximate surface area is 127 Å². The van der Waals surface area contributed by atoms with Gasteiger partial charge in [-0.1, -0.05) is 38.8 Å². The molecule has 0 aliphatic heterocycles. The molecule has 2 heteroatoms. The Balaban J connectivity index is 1.81. The van der Waals surface area contributed by atoms with Crippen LogP contribution in [0, 0.1) is 11.3 Å². The van der Waals surface area contributed by atoms with Crippen LogP contribution in [-0.2, 0) is 0 Å². The van der Waals surface area contributed by atoms with Crippen LogP contribution in [-0.4, -0.2) is 11.9 Å². The molecule has 0 radical (unpaired) electrons. The van der Waals surface area contributed by atoms with E-state index in [9.17, 15) is 4.79 Å². The highest BCUT2D eigenvalue weighted by Crippen LogP contribution is 2.45. The van der Waals surface area contributed by atoms with Crippen molar-refractivity contribution < 1.29 is 9.53 Å². The highest BCUT2D eigenvalue weighted by atomic mass is 16.5. The molecular formula is C19H26O2. The van der Waals surface area contributed by atoms with Crippen molar-refractivity contribution in [3.8, 4) is 5.75 Å². The molecule has 2 aliphatic carbocycles. The van der Waals surface area contributed by atoms with Gasteiger partial charge >= 0.3 is 0 Å². The Kier molecular flexibility index (Phi) is 4.05. The molecule has 2 saturated carbocycles. The number of ether oxygens (including phenoxy) is 1. The minimum absolute atomic E-state index is 0.119. The van der Waals surface area contributed by atoms with Gasteiger partial charge in [0.2, 0.25) is 0 Å². The van der Waals surface area contributed by atoms with Crippen LogP contribution in [0.3, 0.4) is 0 Å². The van der Waals surface area contributed by atoms with Crippen LogP contribution in [0.1, 0.15) is 69.2 Å². The number of rotatable bonds is 6. The third-order valence-corrected chi connectivity index (χ3v) is 4.76. The first-order valence-electron chi connectivity index (χ1n) is 8.41. The third-order valence-electron chi connectivity index (χ3n) is 4.76. The van der Waals surface area contributed by atoms with E-state index in [-0.39, 0.29) is 5.41 Å². The second kappa shape index (κ2) is 5.82. The molecule has 2 fully saturated rings. The molecule has 21 heavy (non-hydrogen) atoms. The Morgan fingerprint density at radius 2 is 2.00 bits per heavy atom. The van der Waals surface area contributed by atoms with Gasteiger partial charge in [-0.3, -0.25) is 4.79 Å². The molecule has 2 nitrogen and oxygen atoms in total. The predicted molar refractivity (Wildman–Crippen MR) is 84.8 cm³/mol. The van der Waals surface area contributed by atoms with Crippen LogP contribution >= 0.6 is 0 Å². The molecule has 0 unspecified atom stereocenters. The summed E-state index contributed by atoms with van der Waals surface area (Å²) in [7, 11) is 0. The average molecular weight is 286 g/mol. The molecular weight excluding hydrogens is 260 g/mol. The molecule has 0 N–H and O–H groups in total.